The van der Waals surface area contributed by atoms with Crippen molar-refractivity contribution in [1.29, 1.82) is 0 Å². The van der Waals surface area contributed by atoms with Crippen LogP contribution < -0.4 is 5.32 Å². The van der Waals surface area contributed by atoms with E-state index in [1.54, 1.807) is 12.3 Å². The molecular formula is C14H9ClN4O. The van der Waals surface area contributed by atoms with Crippen molar-refractivity contribution in [2.45, 2.75) is 0 Å². The number of hydrogen-bond acceptors (Lipinski definition) is 4. The van der Waals surface area contributed by atoms with Crippen LogP contribution in [0.3, 0.4) is 0 Å². The second-order valence-electron chi connectivity index (χ2n) is 4.06. The van der Waals surface area contributed by atoms with Crippen molar-refractivity contribution in [2.24, 2.45) is 0 Å². The van der Waals surface area contributed by atoms with Crippen molar-refractivity contribution in [1.82, 2.24) is 15.0 Å². The van der Waals surface area contributed by atoms with Crippen LogP contribution >= 0.6 is 11.6 Å². The maximum absolute atomic E-state index is 12.1. The smallest absolute Gasteiger partial charge is 0.275 e. The lowest BCUT2D eigenvalue weighted by Crippen LogP contribution is -2.14. The molecule has 20 heavy (non-hydrogen) atoms. The highest BCUT2D eigenvalue weighted by Crippen LogP contribution is 2.21. The number of nitrogens with one attached hydrogen (secondary N) is 1. The molecule has 3 rings (SSSR count). The molecular weight excluding hydrogens is 276 g/mol. The lowest BCUT2D eigenvalue weighted by molar-refractivity contribution is 0.102. The molecule has 0 saturated heterocycles. The molecule has 0 aliphatic heterocycles. The van der Waals surface area contributed by atoms with Crippen LogP contribution in [-0.2, 0) is 0 Å². The highest BCUT2D eigenvalue weighted by atomic mass is 35.5. The summed E-state index contributed by atoms with van der Waals surface area (Å²) in [5.74, 6) is -0.364. The minimum atomic E-state index is -0.364. The summed E-state index contributed by atoms with van der Waals surface area (Å²) < 4.78 is 0. The van der Waals surface area contributed by atoms with Crippen LogP contribution in [0.15, 0.2) is 48.9 Å². The second kappa shape index (κ2) is 5.22. The molecule has 0 unspecified atom stereocenters. The van der Waals surface area contributed by atoms with E-state index in [0.717, 1.165) is 10.9 Å². The van der Waals surface area contributed by atoms with Crippen molar-refractivity contribution >= 4 is 34.1 Å². The number of nitrogens with zero attached hydrogens (tertiary/aromatic N) is 3. The van der Waals surface area contributed by atoms with Gasteiger partial charge in [-0.25, -0.2) is 4.98 Å². The third-order valence-corrected chi connectivity index (χ3v) is 2.91. The number of hydrogen-bond donors (Lipinski definition) is 1. The van der Waals surface area contributed by atoms with E-state index >= 15 is 0 Å². The summed E-state index contributed by atoms with van der Waals surface area (Å²) in [4.78, 5) is 24.1. The van der Waals surface area contributed by atoms with Crippen LogP contribution in [-0.4, -0.2) is 20.9 Å². The molecule has 98 valence electrons. The SMILES string of the molecule is O=C(Nc1cccc2ncccc12)c1cncc(Cl)n1. The Morgan fingerprint density at radius 1 is 1.15 bits per heavy atom. The van der Waals surface area contributed by atoms with Gasteiger partial charge in [0.2, 0.25) is 0 Å². The molecule has 5 nitrogen and oxygen atoms in total. The van der Waals surface area contributed by atoms with E-state index in [1.165, 1.54) is 12.4 Å². The van der Waals surface area contributed by atoms with E-state index in [9.17, 15) is 4.79 Å². The third-order valence-electron chi connectivity index (χ3n) is 2.73. The van der Waals surface area contributed by atoms with Gasteiger partial charge in [-0.3, -0.25) is 14.8 Å². The maximum atomic E-state index is 12.1. The van der Waals surface area contributed by atoms with E-state index in [0.29, 0.717) is 5.69 Å². The van der Waals surface area contributed by atoms with Crippen LogP contribution in [0.2, 0.25) is 5.15 Å². The van der Waals surface area contributed by atoms with Crippen LogP contribution in [0.5, 0.6) is 0 Å². The number of fused-ring (bicyclic) bond motifs is 1. The van der Waals surface area contributed by atoms with Gasteiger partial charge in [0.05, 0.1) is 23.6 Å². The number of anilines is 1. The number of carbonyl (C=O) groups excluding carboxylic acids is 1. The van der Waals surface area contributed by atoms with Gasteiger partial charge in [0, 0.05) is 11.6 Å². The lowest BCUT2D eigenvalue weighted by Gasteiger charge is -2.07. The molecule has 3 aromatic rings. The summed E-state index contributed by atoms with van der Waals surface area (Å²) in [6, 6.07) is 9.22. The first-order valence-corrected chi connectivity index (χ1v) is 6.24. The number of carbonyl (C=O) groups is 1. The van der Waals surface area contributed by atoms with Gasteiger partial charge in [-0.1, -0.05) is 17.7 Å². The Labute approximate surface area is 119 Å². The molecule has 1 aromatic carbocycles. The molecule has 0 spiro atoms. The molecule has 1 N–H and O–H groups in total. The summed E-state index contributed by atoms with van der Waals surface area (Å²) in [6.45, 7) is 0. The molecule has 6 heteroatoms. The largest absolute Gasteiger partial charge is 0.320 e. The van der Waals surface area contributed by atoms with E-state index in [1.807, 2.05) is 24.3 Å². The van der Waals surface area contributed by atoms with Crippen molar-refractivity contribution in [3.8, 4) is 0 Å². The molecule has 0 radical (unpaired) electrons. The first-order valence-electron chi connectivity index (χ1n) is 5.87. The molecule has 2 aromatic heterocycles. The van der Waals surface area contributed by atoms with Crippen molar-refractivity contribution in [2.75, 3.05) is 5.32 Å². The fourth-order valence-electron chi connectivity index (χ4n) is 1.85. The van der Waals surface area contributed by atoms with E-state index in [-0.39, 0.29) is 16.8 Å². The van der Waals surface area contributed by atoms with Gasteiger partial charge >= 0.3 is 0 Å². The van der Waals surface area contributed by atoms with Gasteiger partial charge in [0.15, 0.2) is 0 Å². The minimum Gasteiger partial charge on any atom is -0.320 e. The third kappa shape index (κ3) is 2.44. The zero-order valence-corrected chi connectivity index (χ0v) is 11.0. The number of halogens is 1. The molecule has 0 bridgehead atoms. The molecule has 0 saturated carbocycles. The average Bonchev–Trinajstić information content (AvgIpc) is 2.47. The van der Waals surface area contributed by atoms with Crippen molar-refractivity contribution < 1.29 is 4.79 Å². The summed E-state index contributed by atoms with van der Waals surface area (Å²) in [6.07, 6.45) is 4.45. The summed E-state index contributed by atoms with van der Waals surface area (Å²) in [5, 5.41) is 3.83. The molecule has 0 atom stereocenters. The number of benzene rings is 1. The standard InChI is InChI=1S/C14H9ClN4O/c15-13-8-16-7-12(18-13)14(20)19-11-5-1-4-10-9(11)3-2-6-17-10/h1-8H,(H,19,20). The second-order valence-corrected chi connectivity index (χ2v) is 4.44. The first kappa shape index (κ1) is 12.5. The fraction of sp³-hybridized carbons (Fsp3) is 0. The van der Waals surface area contributed by atoms with E-state index < -0.39 is 0 Å². The molecule has 2 heterocycles. The molecule has 0 fully saturated rings. The zero-order chi connectivity index (χ0) is 13.9. The first-order chi connectivity index (χ1) is 9.74. The van der Waals surface area contributed by atoms with Crippen molar-refractivity contribution in [3.63, 3.8) is 0 Å². The van der Waals surface area contributed by atoms with Crippen molar-refractivity contribution in [3.05, 3.63) is 59.8 Å². The highest BCUT2D eigenvalue weighted by Gasteiger charge is 2.10. The molecule has 1 amide bonds. The Morgan fingerprint density at radius 3 is 2.90 bits per heavy atom. The number of aromatic nitrogens is 3. The fourth-order valence-corrected chi connectivity index (χ4v) is 2.00. The van der Waals surface area contributed by atoms with Crippen LogP contribution in [0.1, 0.15) is 10.5 Å². The average molecular weight is 285 g/mol. The number of pyridine rings is 1. The topological polar surface area (TPSA) is 67.8 Å². The van der Waals surface area contributed by atoms with Gasteiger partial charge in [-0.15, -0.1) is 0 Å². The van der Waals surface area contributed by atoms with Gasteiger partial charge in [0.1, 0.15) is 10.8 Å². The van der Waals surface area contributed by atoms with Crippen LogP contribution in [0.4, 0.5) is 5.69 Å². The predicted molar refractivity (Wildman–Crippen MR) is 76.7 cm³/mol. The number of amides is 1. The monoisotopic (exact) mass is 284 g/mol. The highest BCUT2D eigenvalue weighted by molar-refractivity contribution is 6.29. The summed E-state index contributed by atoms with van der Waals surface area (Å²) >= 11 is 5.72. The van der Waals surface area contributed by atoms with E-state index in [2.05, 4.69) is 20.3 Å². The Bertz CT molecular complexity index is 785. The van der Waals surface area contributed by atoms with Crippen LogP contribution in [0, 0.1) is 0 Å². The summed E-state index contributed by atoms with van der Waals surface area (Å²) in [7, 11) is 0. The van der Waals surface area contributed by atoms with Gasteiger partial charge < -0.3 is 5.32 Å². The Balaban J connectivity index is 1.95. The quantitative estimate of drug-likeness (QED) is 0.785. The normalized spacial score (nSPS) is 10.4. The zero-order valence-electron chi connectivity index (χ0n) is 10.2. The molecule has 0 aliphatic carbocycles. The van der Waals surface area contributed by atoms with Gasteiger partial charge in [0.25, 0.3) is 5.91 Å². The van der Waals surface area contributed by atoms with E-state index in [4.69, 9.17) is 11.6 Å². The maximum Gasteiger partial charge on any atom is 0.275 e. The Hall–Kier alpha value is -2.53. The predicted octanol–water partition coefficient (Wildman–Crippen LogP) is 2.93. The number of rotatable bonds is 2. The minimum absolute atomic E-state index is 0.165. The van der Waals surface area contributed by atoms with Gasteiger partial charge in [-0.05, 0) is 24.3 Å². The molecule has 0 aliphatic rings. The van der Waals surface area contributed by atoms with Gasteiger partial charge in [-0.2, -0.15) is 0 Å². The Kier molecular flexibility index (Phi) is 3.26. The lowest BCUT2D eigenvalue weighted by atomic mass is 10.2. The van der Waals surface area contributed by atoms with Crippen LogP contribution in [0.25, 0.3) is 10.9 Å². The Morgan fingerprint density at radius 2 is 2.05 bits per heavy atom. The summed E-state index contributed by atoms with van der Waals surface area (Å²) in [5.41, 5.74) is 1.64.